The molecule has 21 heteroatoms. The number of ketones is 1. The maximum Gasteiger partial charge on any atom is 0.509 e. The molecule has 2 rings (SSSR count). The summed E-state index contributed by atoms with van der Waals surface area (Å²) in [6.45, 7) is 19.3. The number of nitrogens with one attached hydrogen (secondary N) is 2. The summed E-state index contributed by atoms with van der Waals surface area (Å²) < 4.78 is 75.9. The van der Waals surface area contributed by atoms with Gasteiger partial charge in [-0.05, 0) is 57.8 Å². The van der Waals surface area contributed by atoms with Crippen LogP contribution in [0.5, 0.6) is 0 Å². The quantitative estimate of drug-likeness (QED) is 0.00975. The van der Waals surface area contributed by atoms with E-state index in [1.807, 2.05) is 0 Å². The highest BCUT2D eigenvalue weighted by Crippen LogP contribution is 2.52. The Bertz CT molecular complexity index is 2070. The first-order valence-corrected chi connectivity index (χ1v) is 39.6. The van der Waals surface area contributed by atoms with Crippen LogP contribution in [0.1, 0.15) is 291 Å². The van der Waals surface area contributed by atoms with Gasteiger partial charge in [0.1, 0.15) is 49.0 Å². The highest BCUT2D eigenvalue weighted by molar-refractivity contribution is 7.48. The Hall–Kier alpha value is -3.37. The molecule has 2 aliphatic rings. The average molecular weight is 1400 g/mol. The van der Waals surface area contributed by atoms with E-state index < -0.39 is 87.4 Å². The van der Waals surface area contributed by atoms with Gasteiger partial charge in [0.25, 0.3) is 0 Å². The highest BCUT2D eigenvalue weighted by atomic mass is 31.2. The molecule has 97 heavy (non-hydrogen) atoms. The van der Waals surface area contributed by atoms with Crippen LogP contribution in [0.2, 0.25) is 0 Å². The minimum Gasteiger partial charge on any atom is -0.430 e. The molecule has 1 aliphatic heterocycles. The van der Waals surface area contributed by atoms with Gasteiger partial charge in [0.15, 0.2) is 6.10 Å². The van der Waals surface area contributed by atoms with Gasteiger partial charge in [-0.1, -0.05) is 244 Å². The van der Waals surface area contributed by atoms with Crippen LogP contribution in [0.4, 0.5) is 4.79 Å². The molecule has 0 spiro atoms. The number of hydrogen-bond donors (Lipinski definition) is 3. The number of phosphoric ester groups is 1. The lowest BCUT2D eigenvalue weighted by molar-refractivity contribution is -0.439. The van der Waals surface area contributed by atoms with Gasteiger partial charge in [0.05, 0.1) is 44.5 Å². The molecule has 3 N–H and O–H groups in total. The second kappa shape index (κ2) is 60.2. The Balaban J connectivity index is 2.65. The Kier molecular flexibility index (Phi) is 55.7. The van der Waals surface area contributed by atoms with Crippen molar-refractivity contribution in [3.8, 4) is 0 Å². The van der Waals surface area contributed by atoms with Gasteiger partial charge in [-0.3, -0.25) is 28.0 Å². The number of Topliss-reactive ketones (excluding diaryl/α,β-unsaturated/α-hetero) is 1. The standard InChI is InChI=1S/C76H137N2O18P/c1-10-17-21-25-28-31-32-33-34-35-36-38-40-44-48-52-67(81)77-70-74(88-58-53-63(86-9)51-47-42-24-20-13-4)72(96-97(84,90-55-15-6)91-56-16-7)66(61-85-8)92-75(70)95-94-65-60-64(80)69(78-68(82)59-62(79)50-46-43-39-37-29-26-22-18-11-2)73(71(65)93-76(83)89-54-14-5)87-57-49-45-41-30-27-23-19-12-3/h14-16,31-32,63-66,69-75,80H,5-7,10-13,17-30,33-61H2,1-4,8-9H3,(H,77,81)(H,78,82)/t63-,64?,65?,66-,69+,70-,71-,72-,73-,74-,75+/m1/s1. The van der Waals surface area contributed by atoms with Crippen LogP contribution < -0.4 is 10.6 Å². The number of carbonyl (C=O) groups excluding carboxylic acids is 4. The normalized spacial score (nSPS) is 21.5. The number of allylic oxidation sites excluding steroid dienone is 2. The van der Waals surface area contributed by atoms with Gasteiger partial charge >= 0.3 is 14.0 Å². The zero-order valence-electron chi connectivity index (χ0n) is 61.4. The molecule has 2 unspecified atom stereocenters. The molecule has 0 radical (unpaired) electrons. The second-order valence-electron chi connectivity index (χ2n) is 26.5. The molecule has 1 saturated carbocycles. The number of aliphatic hydroxyl groups is 1. The molecule has 0 aromatic carbocycles. The van der Waals surface area contributed by atoms with E-state index in [1.165, 1.54) is 96.0 Å². The third kappa shape index (κ3) is 42.6. The van der Waals surface area contributed by atoms with Crippen molar-refractivity contribution in [2.75, 3.05) is 53.9 Å². The molecular formula is C76H137N2O18P. The first-order chi connectivity index (χ1) is 47.3. The van der Waals surface area contributed by atoms with Crippen molar-refractivity contribution >= 4 is 31.6 Å². The molecule has 20 nitrogen and oxygen atoms in total. The molecule has 1 heterocycles. The fourth-order valence-electron chi connectivity index (χ4n) is 12.4. The van der Waals surface area contributed by atoms with Crippen LogP contribution in [0.3, 0.4) is 0 Å². The second-order valence-corrected chi connectivity index (χ2v) is 28.1. The first-order valence-electron chi connectivity index (χ1n) is 38.2. The van der Waals surface area contributed by atoms with E-state index in [1.54, 1.807) is 7.11 Å². The van der Waals surface area contributed by atoms with E-state index in [2.05, 4.69) is 70.2 Å². The van der Waals surface area contributed by atoms with Crippen LogP contribution in [0, 0.1) is 0 Å². The predicted octanol–water partition coefficient (Wildman–Crippen LogP) is 17.6. The molecule has 564 valence electrons. The Labute approximate surface area is 587 Å². The number of methoxy groups -OCH3 is 2. The van der Waals surface area contributed by atoms with Gasteiger partial charge in [0.2, 0.25) is 18.1 Å². The Morgan fingerprint density at radius 2 is 1.03 bits per heavy atom. The first kappa shape index (κ1) is 89.7. The van der Waals surface area contributed by atoms with E-state index in [9.17, 15) is 28.8 Å². The molecule has 0 bridgehead atoms. The summed E-state index contributed by atoms with van der Waals surface area (Å²) in [5.41, 5.74) is 0. The molecule has 1 aliphatic carbocycles. The number of carbonyl (C=O) groups is 4. The molecule has 0 aromatic rings. The zero-order valence-corrected chi connectivity index (χ0v) is 62.3. The van der Waals surface area contributed by atoms with Crippen molar-refractivity contribution < 1.29 is 85.4 Å². The smallest absolute Gasteiger partial charge is 0.430 e. The monoisotopic (exact) mass is 1400 g/mol. The molecule has 11 atom stereocenters. The van der Waals surface area contributed by atoms with Gasteiger partial charge in [0, 0.05) is 46.7 Å². The van der Waals surface area contributed by atoms with Crippen molar-refractivity contribution in [2.45, 2.75) is 358 Å². The number of amides is 2. The van der Waals surface area contributed by atoms with Crippen LogP contribution in [-0.4, -0.2) is 150 Å². The summed E-state index contributed by atoms with van der Waals surface area (Å²) >= 11 is 0. The number of aliphatic hydroxyl groups excluding tert-OH is 1. The van der Waals surface area contributed by atoms with E-state index in [-0.39, 0.29) is 76.7 Å². The molecular weight excluding hydrogens is 1260 g/mol. The third-order valence-electron chi connectivity index (χ3n) is 17.9. The molecule has 2 amide bonds. The lowest BCUT2D eigenvalue weighted by atomic mass is 9.84. The summed E-state index contributed by atoms with van der Waals surface area (Å²) in [4.78, 5) is 68.2. The van der Waals surface area contributed by atoms with Crippen LogP contribution in [0.25, 0.3) is 0 Å². The summed E-state index contributed by atoms with van der Waals surface area (Å²) in [7, 11) is -1.38. The van der Waals surface area contributed by atoms with Crippen molar-refractivity contribution in [1.29, 1.82) is 0 Å². The average Bonchev–Trinajstić information content (AvgIpc) is 0.788. The summed E-state index contributed by atoms with van der Waals surface area (Å²) in [6, 6.07) is -2.47. The van der Waals surface area contributed by atoms with Crippen molar-refractivity contribution in [2.24, 2.45) is 0 Å². The van der Waals surface area contributed by atoms with Gasteiger partial charge in [-0.25, -0.2) is 19.1 Å². The maximum atomic E-state index is 14.7. The summed E-state index contributed by atoms with van der Waals surface area (Å²) in [6.07, 6.45) is 35.0. The van der Waals surface area contributed by atoms with Crippen molar-refractivity contribution in [3.05, 3.63) is 50.1 Å². The molecule has 1 saturated heterocycles. The number of ether oxygens (including phenoxy) is 7. The topological polar surface area (TPSA) is 240 Å². The molecule has 2 fully saturated rings. The van der Waals surface area contributed by atoms with E-state index >= 15 is 0 Å². The summed E-state index contributed by atoms with van der Waals surface area (Å²) in [5.74, 6) is -1.21. The van der Waals surface area contributed by atoms with Crippen molar-refractivity contribution in [3.63, 3.8) is 0 Å². The minimum atomic E-state index is -4.50. The van der Waals surface area contributed by atoms with E-state index in [0.717, 1.165) is 141 Å². The van der Waals surface area contributed by atoms with Crippen LogP contribution >= 0.6 is 7.82 Å². The lowest BCUT2D eigenvalue weighted by Crippen LogP contribution is -2.67. The van der Waals surface area contributed by atoms with Gasteiger partial charge < -0.3 is 48.9 Å². The van der Waals surface area contributed by atoms with Gasteiger partial charge in [-0.2, -0.15) is 0 Å². The number of phosphoric acid groups is 1. The van der Waals surface area contributed by atoms with Crippen LogP contribution in [-0.2, 0) is 75.5 Å². The number of unbranched alkanes of at least 4 members (excludes halogenated alkanes) is 30. The van der Waals surface area contributed by atoms with E-state index in [4.69, 9.17) is 56.5 Å². The Morgan fingerprint density at radius 1 is 0.546 bits per heavy atom. The van der Waals surface area contributed by atoms with Crippen molar-refractivity contribution in [1.82, 2.24) is 10.6 Å². The fraction of sp³-hybridized carbons (Fsp3) is 0.842. The fourth-order valence-corrected chi connectivity index (χ4v) is 13.7. The SMILES string of the molecule is C=CCOC(=O)O[C@@H]1C(OO[C@@H]2O[C@H](COC)[C@@H](OP(=O)(OCC=C)OCC=C)[C@H](OCC[C@@H](CCCCCCC)OC)[C@H]2NC(=O)CCCCCCCCCC=CCCCCCC)CC(O)[C@H](NC(=O)CC(=O)CCCCCCCCCCC)[C@H]1OCCCCCCCCCC. The Morgan fingerprint density at radius 3 is 1.58 bits per heavy atom. The maximum absolute atomic E-state index is 14.7. The minimum absolute atomic E-state index is 0.0751. The number of rotatable bonds is 66. The van der Waals surface area contributed by atoms with Crippen LogP contribution in [0.15, 0.2) is 50.1 Å². The van der Waals surface area contributed by atoms with Gasteiger partial charge in [-0.15, -0.1) is 13.2 Å². The third-order valence-corrected chi connectivity index (χ3v) is 19.4. The molecule has 0 aromatic heterocycles. The summed E-state index contributed by atoms with van der Waals surface area (Å²) in [5, 5.41) is 18.2. The highest BCUT2D eigenvalue weighted by Gasteiger charge is 2.54. The zero-order chi connectivity index (χ0) is 70.8. The number of hydrogen-bond acceptors (Lipinski definition) is 18. The lowest BCUT2D eigenvalue weighted by Gasteiger charge is -2.47. The van der Waals surface area contributed by atoms with E-state index in [0.29, 0.717) is 25.7 Å². The largest absolute Gasteiger partial charge is 0.509 e. The predicted molar refractivity (Wildman–Crippen MR) is 384 cm³/mol.